The molecule has 0 aliphatic rings. The summed E-state index contributed by atoms with van der Waals surface area (Å²) in [6, 6.07) is 34.8. The predicted octanol–water partition coefficient (Wildman–Crippen LogP) is 6.80. The Hall–Kier alpha value is -4.22. The first-order chi connectivity index (χ1) is 20.7. The van der Waals surface area contributed by atoms with Gasteiger partial charge in [0.15, 0.2) is 10.2 Å². The van der Waals surface area contributed by atoms with Crippen LogP contribution in [-0.4, -0.2) is 49.9 Å². The van der Waals surface area contributed by atoms with E-state index in [2.05, 4.69) is 21.3 Å². The predicted molar refractivity (Wildman–Crippen MR) is 178 cm³/mol. The van der Waals surface area contributed by atoms with Crippen molar-refractivity contribution in [1.82, 2.24) is 0 Å². The molecular weight excluding hydrogens is 569 g/mol. The van der Waals surface area contributed by atoms with E-state index < -0.39 is 0 Å². The van der Waals surface area contributed by atoms with Crippen molar-refractivity contribution >= 4 is 57.4 Å². The molecule has 0 aliphatic heterocycles. The molecule has 4 aromatic rings. The van der Waals surface area contributed by atoms with E-state index in [9.17, 15) is 0 Å². The molecule has 0 atom stereocenters. The van der Waals surface area contributed by atoms with E-state index in [-0.39, 0.29) is 0 Å². The number of anilines is 4. The molecule has 8 nitrogen and oxygen atoms in total. The van der Waals surface area contributed by atoms with Gasteiger partial charge in [-0.2, -0.15) is 0 Å². The number of thiocarbonyl (C=S) groups is 2. The molecule has 42 heavy (non-hydrogen) atoms. The van der Waals surface area contributed by atoms with Crippen LogP contribution in [0.4, 0.5) is 22.7 Å². The van der Waals surface area contributed by atoms with E-state index in [4.69, 9.17) is 43.4 Å². The zero-order valence-corrected chi connectivity index (χ0v) is 24.7. The number of ether oxygens (including phenoxy) is 4. The van der Waals surface area contributed by atoms with Crippen LogP contribution < -0.4 is 30.7 Å². The molecule has 0 amide bonds. The zero-order valence-electron chi connectivity index (χ0n) is 23.1. The molecule has 218 valence electrons. The summed E-state index contributed by atoms with van der Waals surface area (Å²) >= 11 is 10.9. The first-order valence-electron chi connectivity index (χ1n) is 13.5. The summed E-state index contributed by atoms with van der Waals surface area (Å²) < 4.78 is 23.1. The van der Waals surface area contributed by atoms with Gasteiger partial charge in [0.2, 0.25) is 0 Å². The average Bonchev–Trinajstić information content (AvgIpc) is 3.00. The van der Waals surface area contributed by atoms with Gasteiger partial charge in [0, 0.05) is 11.4 Å². The minimum Gasteiger partial charge on any atom is -0.489 e. The Kier molecular flexibility index (Phi) is 12.9. The summed E-state index contributed by atoms with van der Waals surface area (Å²) in [5.74, 6) is 1.39. The molecule has 0 bridgehead atoms. The molecule has 0 saturated carbocycles. The molecule has 0 unspecified atom stereocenters. The Morgan fingerprint density at radius 3 is 1.21 bits per heavy atom. The number of para-hydroxylation sites is 6. The monoisotopic (exact) mass is 602 g/mol. The van der Waals surface area contributed by atoms with Crippen molar-refractivity contribution in [2.24, 2.45) is 0 Å². The van der Waals surface area contributed by atoms with Gasteiger partial charge in [0.25, 0.3) is 0 Å². The molecule has 0 radical (unpaired) electrons. The second-order valence-electron chi connectivity index (χ2n) is 8.80. The Labute approximate surface area is 257 Å². The normalized spacial score (nSPS) is 10.4. The Morgan fingerprint density at radius 1 is 0.429 bits per heavy atom. The quantitative estimate of drug-likeness (QED) is 0.0862. The molecule has 4 aromatic carbocycles. The van der Waals surface area contributed by atoms with Gasteiger partial charge in [-0.15, -0.1) is 0 Å². The van der Waals surface area contributed by atoms with Crippen LogP contribution in [0.3, 0.4) is 0 Å². The maximum atomic E-state index is 5.90. The van der Waals surface area contributed by atoms with E-state index >= 15 is 0 Å². The maximum Gasteiger partial charge on any atom is 0.175 e. The van der Waals surface area contributed by atoms with Gasteiger partial charge >= 0.3 is 0 Å². The van der Waals surface area contributed by atoms with Gasteiger partial charge in [-0.3, -0.25) is 0 Å². The fraction of sp³-hybridized carbons (Fsp3) is 0.188. The lowest BCUT2D eigenvalue weighted by atomic mass is 10.3. The minimum atomic E-state index is 0.394. The highest BCUT2D eigenvalue weighted by atomic mass is 32.1. The first-order valence-corrected chi connectivity index (χ1v) is 14.3. The van der Waals surface area contributed by atoms with Crippen molar-refractivity contribution in [3.8, 4) is 11.5 Å². The van der Waals surface area contributed by atoms with Gasteiger partial charge in [-0.25, -0.2) is 0 Å². The molecule has 0 heterocycles. The highest BCUT2D eigenvalue weighted by Gasteiger charge is 2.07. The average molecular weight is 603 g/mol. The van der Waals surface area contributed by atoms with Gasteiger partial charge in [-0.1, -0.05) is 60.7 Å². The standard InChI is InChI=1S/C32H34N4O4S2/c41-31(33-25-11-3-1-4-12-25)35-27-15-7-9-17-29(27)39-23-21-37-19-20-38-22-24-40-30-18-10-8-16-28(30)36-32(42)34-26-13-5-2-6-14-26/h1-18H,19-24H2,(H2,33,35,41)(H2,34,36,42). The number of nitrogens with one attached hydrogen (secondary N) is 4. The Morgan fingerprint density at radius 2 is 0.786 bits per heavy atom. The van der Waals surface area contributed by atoms with Crippen molar-refractivity contribution in [3.63, 3.8) is 0 Å². The number of rotatable bonds is 15. The van der Waals surface area contributed by atoms with E-state index in [1.807, 2.05) is 109 Å². The zero-order chi connectivity index (χ0) is 29.2. The third kappa shape index (κ3) is 11.0. The van der Waals surface area contributed by atoms with Crippen molar-refractivity contribution in [2.45, 2.75) is 0 Å². The molecule has 0 spiro atoms. The second kappa shape index (κ2) is 17.6. The van der Waals surface area contributed by atoms with Crippen LogP contribution in [0.5, 0.6) is 11.5 Å². The Balaban J connectivity index is 1.07. The number of hydrogen-bond donors (Lipinski definition) is 4. The van der Waals surface area contributed by atoms with Crippen LogP contribution in [0.2, 0.25) is 0 Å². The van der Waals surface area contributed by atoms with Crippen LogP contribution in [0.15, 0.2) is 109 Å². The molecule has 0 aromatic heterocycles. The molecule has 0 saturated heterocycles. The summed E-state index contributed by atoms with van der Waals surface area (Å²) in [6.45, 7) is 2.54. The summed E-state index contributed by atoms with van der Waals surface area (Å²) in [4.78, 5) is 0. The van der Waals surface area contributed by atoms with E-state index in [1.165, 1.54) is 0 Å². The van der Waals surface area contributed by atoms with Gasteiger partial charge in [0.05, 0.1) is 37.8 Å². The van der Waals surface area contributed by atoms with Crippen molar-refractivity contribution < 1.29 is 18.9 Å². The third-order valence-corrected chi connectivity index (χ3v) is 6.08. The van der Waals surface area contributed by atoms with Crippen molar-refractivity contribution in [1.29, 1.82) is 0 Å². The number of hydrogen-bond acceptors (Lipinski definition) is 6. The SMILES string of the molecule is S=C(Nc1ccccc1)Nc1ccccc1OCCOCCOCCOc1ccccc1NC(=S)Nc1ccccc1. The summed E-state index contributed by atoms with van der Waals surface area (Å²) in [7, 11) is 0. The topological polar surface area (TPSA) is 85.0 Å². The lowest BCUT2D eigenvalue weighted by molar-refractivity contribution is 0.0275. The lowest BCUT2D eigenvalue weighted by Gasteiger charge is -2.15. The minimum absolute atomic E-state index is 0.394. The second-order valence-corrected chi connectivity index (χ2v) is 9.62. The van der Waals surface area contributed by atoms with Gasteiger partial charge in [-0.05, 0) is 73.0 Å². The van der Waals surface area contributed by atoms with Crippen LogP contribution >= 0.6 is 24.4 Å². The van der Waals surface area contributed by atoms with Gasteiger partial charge in [0.1, 0.15) is 24.7 Å². The smallest absolute Gasteiger partial charge is 0.175 e. The molecular formula is C32H34N4O4S2. The summed E-state index contributed by atoms with van der Waals surface area (Å²) in [5, 5.41) is 13.6. The largest absolute Gasteiger partial charge is 0.489 e. The molecule has 0 aliphatic carbocycles. The van der Waals surface area contributed by atoms with Crippen LogP contribution in [0, 0.1) is 0 Å². The van der Waals surface area contributed by atoms with E-state index in [0.717, 1.165) is 22.7 Å². The van der Waals surface area contributed by atoms with Crippen molar-refractivity contribution in [3.05, 3.63) is 109 Å². The van der Waals surface area contributed by atoms with E-state index in [0.29, 0.717) is 61.4 Å². The Bertz CT molecular complexity index is 1290. The molecule has 0 fully saturated rings. The summed E-state index contributed by atoms with van der Waals surface area (Å²) in [6.07, 6.45) is 0. The van der Waals surface area contributed by atoms with Crippen LogP contribution in [0.25, 0.3) is 0 Å². The third-order valence-electron chi connectivity index (χ3n) is 5.68. The highest BCUT2D eigenvalue weighted by molar-refractivity contribution is 7.81. The lowest BCUT2D eigenvalue weighted by Crippen LogP contribution is -2.20. The fourth-order valence-corrected chi connectivity index (χ4v) is 4.20. The molecule has 4 N–H and O–H groups in total. The highest BCUT2D eigenvalue weighted by Crippen LogP contribution is 2.25. The molecule has 4 rings (SSSR count). The maximum absolute atomic E-state index is 5.90. The molecule has 10 heteroatoms. The van der Waals surface area contributed by atoms with Crippen LogP contribution in [0.1, 0.15) is 0 Å². The first kappa shape index (κ1) is 30.7. The van der Waals surface area contributed by atoms with Crippen molar-refractivity contribution in [2.75, 3.05) is 60.9 Å². The number of benzene rings is 4. The van der Waals surface area contributed by atoms with Gasteiger partial charge < -0.3 is 40.2 Å². The summed E-state index contributed by atoms with van der Waals surface area (Å²) in [5.41, 5.74) is 3.38. The van der Waals surface area contributed by atoms with E-state index in [1.54, 1.807) is 0 Å². The van der Waals surface area contributed by atoms with Crippen LogP contribution in [-0.2, 0) is 9.47 Å². The fourth-order valence-electron chi connectivity index (χ4n) is 3.75.